The Hall–Kier alpha value is -1.64. The van der Waals surface area contributed by atoms with Gasteiger partial charge in [0.1, 0.15) is 5.82 Å². The van der Waals surface area contributed by atoms with Crippen LogP contribution in [0.15, 0.2) is 40.0 Å². The third-order valence-corrected chi connectivity index (χ3v) is 2.13. The van der Waals surface area contributed by atoms with E-state index in [1.54, 1.807) is 6.21 Å². The summed E-state index contributed by atoms with van der Waals surface area (Å²) in [5, 5.41) is 0. The number of amidine groups is 1. The quantitative estimate of drug-likeness (QED) is 0.546. The molecule has 0 N–H and O–H groups in total. The molecule has 12 heavy (non-hydrogen) atoms. The highest BCUT2D eigenvalue weighted by atomic mass is 15.1. The topological polar surface area (TPSA) is 29.6 Å². The fourth-order valence-electron chi connectivity index (χ4n) is 1.51. The molecule has 2 aliphatic heterocycles. The van der Waals surface area contributed by atoms with E-state index < -0.39 is 0 Å². The molecule has 0 unspecified atom stereocenters. The fraction of sp³-hybridized carbons (Fsp3) is 0.111. The van der Waals surface area contributed by atoms with Gasteiger partial charge in [-0.15, -0.1) is 0 Å². The lowest BCUT2D eigenvalue weighted by molar-refractivity contribution is 0.800. The van der Waals surface area contributed by atoms with Gasteiger partial charge in [-0.1, -0.05) is 0 Å². The molecule has 3 heterocycles. The van der Waals surface area contributed by atoms with Crippen molar-refractivity contribution in [1.82, 2.24) is 4.57 Å². The summed E-state index contributed by atoms with van der Waals surface area (Å²) in [6, 6.07) is 4.00. The maximum Gasteiger partial charge on any atom is 0.159 e. The van der Waals surface area contributed by atoms with Crippen molar-refractivity contribution in [3.63, 3.8) is 0 Å². The van der Waals surface area contributed by atoms with Crippen molar-refractivity contribution in [1.29, 1.82) is 0 Å². The van der Waals surface area contributed by atoms with Crippen molar-refractivity contribution in [3.8, 4) is 0 Å². The summed E-state index contributed by atoms with van der Waals surface area (Å²) in [5.41, 5.74) is 1.21. The maximum atomic E-state index is 4.38. The van der Waals surface area contributed by atoms with Crippen LogP contribution in [-0.4, -0.2) is 16.6 Å². The summed E-state index contributed by atoms with van der Waals surface area (Å²) in [6.07, 6.45) is 5.86. The van der Waals surface area contributed by atoms with Crippen LogP contribution >= 0.6 is 0 Å². The first-order valence-corrected chi connectivity index (χ1v) is 3.91. The molecule has 1 aromatic heterocycles. The predicted octanol–water partition coefficient (Wildman–Crippen LogP) is 1.54. The van der Waals surface area contributed by atoms with Crippen molar-refractivity contribution in [3.05, 3.63) is 30.0 Å². The van der Waals surface area contributed by atoms with E-state index in [1.807, 2.05) is 24.4 Å². The minimum absolute atomic E-state index is 0.876. The van der Waals surface area contributed by atoms with Crippen molar-refractivity contribution in [2.75, 3.05) is 0 Å². The van der Waals surface area contributed by atoms with Crippen LogP contribution in [0.5, 0.6) is 0 Å². The van der Waals surface area contributed by atoms with E-state index in [1.165, 1.54) is 5.57 Å². The Kier molecular flexibility index (Phi) is 0.961. The third kappa shape index (κ3) is 0.652. The Bertz CT molecular complexity index is 421. The second-order valence-electron chi connectivity index (χ2n) is 2.90. The predicted molar refractivity (Wildman–Crippen MR) is 48.1 cm³/mol. The Balaban J connectivity index is 2.23. The third-order valence-electron chi connectivity index (χ3n) is 2.13. The van der Waals surface area contributed by atoms with Crippen LogP contribution in [0.1, 0.15) is 0 Å². The molecule has 0 saturated heterocycles. The van der Waals surface area contributed by atoms with Crippen LogP contribution in [-0.2, 0) is 6.54 Å². The van der Waals surface area contributed by atoms with Crippen LogP contribution in [0, 0.1) is 0 Å². The monoisotopic (exact) mass is 157 g/mol. The zero-order valence-electron chi connectivity index (χ0n) is 6.44. The van der Waals surface area contributed by atoms with E-state index in [0.29, 0.717) is 0 Å². The molecule has 0 radical (unpaired) electrons. The van der Waals surface area contributed by atoms with Gasteiger partial charge >= 0.3 is 0 Å². The van der Waals surface area contributed by atoms with E-state index in [2.05, 4.69) is 14.6 Å². The van der Waals surface area contributed by atoms with Crippen molar-refractivity contribution in [2.45, 2.75) is 6.54 Å². The fourth-order valence-corrected chi connectivity index (χ4v) is 1.51. The molecule has 3 nitrogen and oxygen atoms in total. The van der Waals surface area contributed by atoms with E-state index in [4.69, 9.17) is 0 Å². The number of hydrogen-bond acceptors (Lipinski definition) is 2. The molecule has 0 fully saturated rings. The second-order valence-corrected chi connectivity index (χ2v) is 2.90. The van der Waals surface area contributed by atoms with Gasteiger partial charge in [-0.3, -0.25) is 0 Å². The van der Waals surface area contributed by atoms with Gasteiger partial charge in [0.2, 0.25) is 0 Å². The van der Waals surface area contributed by atoms with Gasteiger partial charge in [0.25, 0.3) is 0 Å². The number of hydrogen-bond donors (Lipinski definition) is 0. The first kappa shape index (κ1) is 5.94. The van der Waals surface area contributed by atoms with Crippen molar-refractivity contribution < 1.29 is 0 Å². The van der Waals surface area contributed by atoms with Crippen LogP contribution in [0.4, 0.5) is 5.82 Å². The first-order chi connectivity index (χ1) is 5.93. The number of aliphatic imine (C=N–C) groups is 2. The lowest BCUT2D eigenvalue weighted by Gasteiger charge is -2.12. The number of rotatable bonds is 0. The highest BCUT2D eigenvalue weighted by molar-refractivity contribution is 6.12. The number of nitrogens with zero attached hydrogens (tertiary/aromatic N) is 3. The number of aromatic nitrogens is 1. The summed E-state index contributed by atoms with van der Waals surface area (Å²) in [6.45, 7) is 0.904. The van der Waals surface area contributed by atoms with E-state index in [9.17, 15) is 0 Å². The summed E-state index contributed by atoms with van der Waals surface area (Å²) in [5.74, 6) is 1.88. The normalized spacial score (nSPS) is 18.3. The average Bonchev–Trinajstić information content (AvgIpc) is 2.64. The average molecular weight is 157 g/mol. The van der Waals surface area contributed by atoms with Gasteiger partial charge in [-0.05, 0) is 18.2 Å². The van der Waals surface area contributed by atoms with Crippen LogP contribution in [0.3, 0.4) is 0 Å². The zero-order chi connectivity index (χ0) is 7.97. The number of allylic oxidation sites excluding steroid dienone is 1. The first-order valence-electron chi connectivity index (χ1n) is 3.91. The molecule has 2 aliphatic rings. The van der Waals surface area contributed by atoms with Gasteiger partial charge in [0.05, 0.1) is 6.54 Å². The summed E-state index contributed by atoms with van der Waals surface area (Å²) < 4.78 is 2.12. The largest absolute Gasteiger partial charge is 0.328 e. The standard InChI is InChI=1S/C9H7N3/c1-2-8-11-9-7(3-4-10-9)6-12(8)5-1/h1-5H,6H2. The molecule has 3 heteroatoms. The second kappa shape index (κ2) is 1.94. The Morgan fingerprint density at radius 1 is 1.42 bits per heavy atom. The molecule has 0 amide bonds. The molecule has 0 atom stereocenters. The summed E-state index contributed by atoms with van der Waals surface area (Å²) >= 11 is 0. The van der Waals surface area contributed by atoms with Crippen LogP contribution in [0.2, 0.25) is 0 Å². The Labute approximate surface area is 69.8 Å². The SMILES string of the molecule is C1=NC2=Nc3cccn3CC2=C1. The van der Waals surface area contributed by atoms with E-state index in [-0.39, 0.29) is 0 Å². The molecule has 58 valence electrons. The minimum atomic E-state index is 0.876. The summed E-state index contributed by atoms with van der Waals surface area (Å²) in [7, 11) is 0. The highest BCUT2D eigenvalue weighted by Gasteiger charge is 2.16. The molecular formula is C9H7N3. The van der Waals surface area contributed by atoms with Gasteiger partial charge < -0.3 is 4.57 Å². The molecule has 0 bridgehead atoms. The molecule has 1 aromatic rings. The minimum Gasteiger partial charge on any atom is -0.328 e. The molecule has 3 rings (SSSR count). The maximum absolute atomic E-state index is 4.38. The lowest BCUT2D eigenvalue weighted by Crippen LogP contribution is -2.09. The van der Waals surface area contributed by atoms with Gasteiger partial charge in [-0.25, -0.2) is 9.98 Å². The van der Waals surface area contributed by atoms with Gasteiger partial charge in [-0.2, -0.15) is 0 Å². The van der Waals surface area contributed by atoms with Gasteiger partial charge in [0, 0.05) is 18.0 Å². The van der Waals surface area contributed by atoms with Gasteiger partial charge in [0.15, 0.2) is 5.84 Å². The smallest absolute Gasteiger partial charge is 0.159 e. The summed E-state index contributed by atoms with van der Waals surface area (Å²) in [4.78, 5) is 8.54. The molecule has 0 spiro atoms. The van der Waals surface area contributed by atoms with Crippen molar-refractivity contribution in [2.24, 2.45) is 9.98 Å². The van der Waals surface area contributed by atoms with E-state index >= 15 is 0 Å². The zero-order valence-corrected chi connectivity index (χ0v) is 6.44. The number of fused-ring (bicyclic) bond motifs is 2. The lowest BCUT2D eigenvalue weighted by atomic mass is 10.2. The molecular weight excluding hydrogens is 150 g/mol. The highest BCUT2D eigenvalue weighted by Crippen LogP contribution is 2.24. The molecule has 0 aromatic carbocycles. The Morgan fingerprint density at radius 2 is 2.42 bits per heavy atom. The van der Waals surface area contributed by atoms with Crippen molar-refractivity contribution >= 4 is 17.9 Å². The molecule has 0 saturated carbocycles. The van der Waals surface area contributed by atoms with Crippen LogP contribution < -0.4 is 0 Å². The Morgan fingerprint density at radius 3 is 3.42 bits per heavy atom. The molecule has 0 aliphatic carbocycles. The van der Waals surface area contributed by atoms with E-state index in [0.717, 1.165) is 18.2 Å². The van der Waals surface area contributed by atoms with Crippen LogP contribution in [0.25, 0.3) is 0 Å².